The fourth-order valence-corrected chi connectivity index (χ4v) is 3.21. The van der Waals surface area contributed by atoms with Gasteiger partial charge in [0.1, 0.15) is 17.2 Å². The number of nitrogens with one attached hydrogen (secondary N) is 1. The van der Waals surface area contributed by atoms with E-state index in [4.69, 9.17) is 14.6 Å². The van der Waals surface area contributed by atoms with Gasteiger partial charge in [0.05, 0.1) is 25.6 Å². The maximum Gasteiger partial charge on any atom is 0.270 e. The van der Waals surface area contributed by atoms with Crippen LogP contribution >= 0.6 is 0 Å². The number of carbonyl (C=O) groups excluding carboxylic acids is 1. The van der Waals surface area contributed by atoms with Gasteiger partial charge in [-0.2, -0.15) is 5.10 Å². The van der Waals surface area contributed by atoms with Gasteiger partial charge >= 0.3 is 0 Å². The number of hydrogen-bond acceptors (Lipinski definition) is 4. The van der Waals surface area contributed by atoms with Gasteiger partial charge in [-0.05, 0) is 55.2 Å². The molecule has 0 saturated carbocycles. The smallest absolute Gasteiger partial charge is 0.270 e. The second-order valence-electron chi connectivity index (χ2n) is 7.67. The first-order valence-corrected chi connectivity index (χ1v) is 10.1. The topological polar surface area (TPSA) is 65.4 Å². The Morgan fingerprint density at radius 1 is 1.10 bits per heavy atom. The number of ether oxygens (including phenoxy) is 2. The Bertz CT molecular complexity index is 1020. The zero-order chi connectivity index (χ0) is 21.7. The Morgan fingerprint density at radius 2 is 1.90 bits per heavy atom. The van der Waals surface area contributed by atoms with Gasteiger partial charge in [-0.1, -0.05) is 26.0 Å². The summed E-state index contributed by atoms with van der Waals surface area (Å²) in [5.41, 5.74) is 3.86. The van der Waals surface area contributed by atoms with E-state index in [0.29, 0.717) is 35.3 Å². The minimum absolute atomic E-state index is 0.150. The largest absolute Gasteiger partial charge is 0.497 e. The van der Waals surface area contributed by atoms with Crippen LogP contribution in [0.15, 0.2) is 48.5 Å². The average Bonchev–Trinajstić information content (AvgIpc) is 3.18. The molecule has 0 atom stereocenters. The Balaban J connectivity index is 2.05. The maximum absolute atomic E-state index is 13.0. The van der Waals surface area contributed by atoms with Crippen LogP contribution in [-0.4, -0.2) is 36.5 Å². The Labute approximate surface area is 177 Å². The van der Waals surface area contributed by atoms with Crippen molar-refractivity contribution in [2.75, 3.05) is 20.8 Å². The summed E-state index contributed by atoms with van der Waals surface area (Å²) in [5.74, 6) is 1.70. The number of carbonyl (C=O) groups is 1. The zero-order valence-electron chi connectivity index (χ0n) is 18.2. The van der Waals surface area contributed by atoms with Crippen LogP contribution in [0, 0.1) is 12.8 Å². The van der Waals surface area contributed by atoms with Gasteiger partial charge < -0.3 is 14.8 Å². The summed E-state index contributed by atoms with van der Waals surface area (Å²) in [7, 11) is 3.22. The summed E-state index contributed by atoms with van der Waals surface area (Å²) in [6, 6.07) is 15.3. The third kappa shape index (κ3) is 4.82. The molecule has 0 aliphatic heterocycles. The third-order valence-corrected chi connectivity index (χ3v) is 4.88. The van der Waals surface area contributed by atoms with Crippen LogP contribution in [0.4, 0.5) is 0 Å². The molecule has 2 aromatic carbocycles. The molecule has 1 heterocycles. The Morgan fingerprint density at radius 3 is 2.57 bits per heavy atom. The van der Waals surface area contributed by atoms with Crippen molar-refractivity contribution in [2.45, 2.75) is 27.2 Å². The minimum Gasteiger partial charge on any atom is -0.497 e. The van der Waals surface area contributed by atoms with Crippen LogP contribution in [0.3, 0.4) is 0 Å². The summed E-state index contributed by atoms with van der Waals surface area (Å²) in [6.45, 7) is 6.91. The summed E-state index contributed by atoms with van der Waals surface area (Å²) < 4.78 is 12.5. The Hall–Kier alpha value is -3.28. The predicted octanol–water partition coefficient (Wildman–Crippen LogP) is 4.64. The Kier molecular flexibility index (Phi) is 6.77. The second-order valence-corrected chi connectivity index (χ2v) is 7.67. The van der Waals surface area contributed by atoms with Crippen LogP contribution < -0.4 is 14.8 Å². The van der Waals surface area contributed by atoms with Crippen molar-refractivity contribution in [3.8, 4) is 28.4 Å². The highest BCUT2D eigenvalue weighted by Gasteiger charge is 2.20. The number of hydrogen-bond donors (Lipinski definition) is 1. The maximum atomic E-state index is 13.0. The van der Waals surface area contributed by atoms with Gasteiger partial charge in [-0.15, -0.1) is 0 Å². The van der Waals surface area contributed by atoms with Gasteiger partial charge in [-0.3, -0.25) is 4.79 Å². The van der Waals surface area contributed by atoms with Gasteiger partial charge in [0, 0.05) is 18.2 Å². The summed E-state index contributed by atoms with van der Waals surface area (Å²) in [4.78, 5) is 13.0. The van der Waals surface area contributed by atoms with E-state index in [1.54, 1.807) is 25.0 Å². The molecule has 0 saturated heterocycles. The number of amides is 1. The predicted molar refractivity (Wildman–Crippen MR) is 119 cm³/mol. The number of nitrogens with zero attached hydrogens (tertiary/aromatic N) is 2. The molecule has 6 nitrogen and oxygen atoms in total. The molecule has 0 fully saturated rings. The molecule has 30 heavy (non-hydrogen) atoms. The van der Waals surface area contributed by atoms with E-state index in [2.05, 4.69) is 19.2 Å². The molecular weight excluding hydrogens is 378 g/mol. The van der Waals surface area contributed by atoms with Crippen molar-refractivity contribution in [1.82, 2.24) is 15.1 Å². The minimum atomic E-state index is -0.150. The van der Waals surface area contributed by atoms with Crippen molar-refractivity contribution in [3.63, 3.8) is 0 Å². The van der Waals surface area contributed by atoms with Crippen molar-refractivity contribution in [1.29, 1.82) is 0 Å². The number of aryl methyl sites for hydroxylation is 1. The number of aromatic nitrogens is 2. The van der Waals surface area contributed by atoms with Crippen molar-refractivity contribution >= 4 is 5.91 Å². The van der Waals surface area contributed by atoms with Crippen LogP contribution in [0.2, 0.25) is 0 Å². The van der Waals surface area contributed by atoms with Crippen LogP contribution in [-0.2, 0) is 0 Å². The molecule has 6 heteroatoms. The van der Waals surface area contributed by atoms with E-state index in [1.807, 2.05) is 49.4 Å². The molecule has 1 amide bonds. The highest BCUT2D eigenvalue weighted by molar-refractivity contribution is 5.94. The fraction of sp³-hybridized carbons (Fsp3) is 0.333. The number of methoxy groups -OCH3 is 2. The van der Waals surface area contributed by atoms with Crippen molar-refractivity contribution in [3.05, 3.63) is 59.8 Å². The lowest BCUT2D eigenvalue weighted by molar-refractivity contribution is 0.0944. The summed E-state index contributed by atoms with van der Waals surface area (Å²) in [5, 5.41) is 7.77. The molecule has 1 aromatic heterocycles. The SMILES string of the molecule is COc1ccc(-c2cc(C(=O)NCCC(C)C)n(-c3cccc(C)c3)n2)c(OC)c1. The van der Waals surface area contributed by atoms with E-state index >= 15 is 0 Å². The number of benzene rings is 2. The van der Waals surface area contributed by atoms with Crippen molar-refractivity contribution in [2.24, 2.45) is 5.92 Å². The highest BCUT2D eigenvalue weighted by Crippen LogP contribution is 2.33. The van der Waals surface area contributed by atoms with Crippen LogP contribution in [0.1, 0.15) is 36.3 Å². The van der Waals surface area contributed by atoms with E-state index in [0.717, 1.165) is 23.2 Å². The average molecular weight is 408 g/mol. The molecule has 0 bridgehead atoms. The molecule has 0 radical (unpaired) electrons. The molecule has 0 spiro atoms. The molecule has 158 valence electrons. The van der Waals surface area contributed by atoms with Crippen LogP contribution in [0.5, 0.6) is 11.5 Å². The van der Waals surface area contributed by atoms with E-state index < -0.39 is 0 Å². The monoisotopic (exact) mass is 407 g/mol. The van der Waals surface area contributed by atoms with Gasteiger partial charge in [-0.25, -0.2) is 4.68 Å². The van der Waals surface area contributed by atoms with Gasteiger partial charge in [0.25, 0.3) is 5.91 Å². The molecule has 1 N–H and O–H groups in total. The molecular formula is C24H29N3O3. The van der Waals surface area contributed by atoms with E-state index in [9.17, 15) is 4.79 Å². The lowest BCUT2D eigenvalue weighted by Gasteiger charge is -2.10. The van der Waals surface area contributed by atoms with E-state index in [1.165, 1.54) is 0 Å². The molecule has 3 aromatic rings. The number of rotatable bonds is 8. The third-order valence-electron chi connectivity index (χ3n) is 4.88. The van der Waals surface area contributed by atoms with Gasteiger partial charge in [0.2, 0.25) is 0 Å². The first kappa shape index (κ1) is 21.4. The van der Waals surface area contributed by atoms with Crippen LogP contribution in [0.25, 0.3) is 16.9 Å². The summed E-state index contributed by atoms with van der Waals surface area (Å²) >= 11 is 0. The summed E-state index contributed by atoms with van der Waals surface area (Å²) in [6.07, 6.45) is 0.920. The standard InChI is InChI=1S/C24H29N3O3/c1-16(2)11-12-25-24(28)22-15-21(20-10-9-19(29-4)14-23(20)30-5)26-27(22)18-8-6-7-17(3)13-18/h6-10,13-16H,11-12H2,1-5H3,(H,25,28). The molecule has 3 rings (SSSR count). The molecule has 0 aliphatic carbocycles. The second kappa shape index (κ2) is 9.48. The van der Waals surface area contributed by atoms with E-state index in [-0.39, 0.29) is 5.91 Å². The lowest BCUT2D eigenvalue weighted by Crippen LogP contribution is -2.27. The zero-order valence-corrected chi connectivity index (χ0v) is 18.2. The van der Waals surface area contributed by atoms with Crippen molar-refractivity contribution < 1.29 is 14.3 Å². The molecule has 0 unspecified atom stereocenters. The van der Waals surface area contributed by atoms with Gasteiger partial charge in [0.15, 0.2) is 0 Å². The molecule has 0 aliphatic rings. The first-order chi connectivity index (χ1) is 14.4. The fourth-order valence-electron chi connectivity index (χ4n) is 3.21. The highest BCUT2D eigenvalue weighted by atomic mass is 16.5. The lowest BCUT2D eigenvalue weighted by atomic mass is 10.1. The first-order valence-electron chi connectivity index (χ1n) is 10.1. The quantitative estimate of drug-likeness (QED) is 0.591. The normalized spacial score (nSPS) is 10.9.